The lowest BCUT2D eigenvalue weighted by Gasteiger charge is -2.31. The maximum atomic E-state index is 13.5. The van der Waals surface area contributed by atoms with Gasteiger partial charge in [0.15, 0.2) is 0 Å². The van der Waals surface area contributed by atoms with Gasteiger partial charge in [0.25, 0.3) is 17.7 Å². The van der Waals surface area contributed by atoms with Crippen LogP contribution in [0, 0.1) is 6.92 Å². The first-order valence-electron chi connectivity index (χ1n) is 13.9. The van der Waals surface area contributed by atoms with Gasteiger partial charge in [-0.05, 0) is 71.2 Å². The monoisotopic (exact) mass is 625 g/mol. The molecule has 228 valence electrons. The molecule has 10 nitrogen and oxygen atoms in total. The van der Waals surface area contributed by atoms with E-state index in [-0.39, 0.29) is 34.5 Å². The van der Waals surface area contributed by atoms with Crippen LogP contribution < -0.4 is 16.2 Å². The van der Waals surface area contributed by atoms with Crippen LogP contribution in [0.2, 0.25) is 5.02 Å². The molecule has 0 radical (unpaired) electrons. The summed E-state index contributed by atoms with van der Waals surface area (Å²) in [6, 6.07) is 13.4. The van der Waals surface area contributed by atoms with Crippen LogP contribution in [0.5, 0.6) is 0 Å². The fourth-order valence-electron chi connectivity index (χ4n) is 4.84. The normalized spacial score (nSPS) is 16.2. The van der Waals surface area contributed by atoms with Crippen molar-refractivity contribution >= 4 is 46.8 Å². The van der Waals surface area contributed by atoms with Gasteiger partial charge in [-0.2, -0.15) is 0 Å². The summed E-state index contributed by atoms with van der Waals surface area (Å²) in [6.07, 6.45) is 0.991. The fourth-order valence-corrected chi connectivity index (χ4v) is 6.02. The van der Waals surface area contributed by atoms with Crippen LogP contribution in [0.4, 0.5) is 4.79 Å². The number of rotatable bonds is 7. The van der Waals surface area contributed by atoms with Crippen molar-refractivity contribution < 1.29 is 23.9 Å². The van der Waals surface area contributed by atoms with E-state index in [2.05, 4.69) is 21.2 Å². The van der Waals surface area contributed by atoms with E-state index in [1.807, 2.05) is 42.6 Å². The van der Waals surface area contributed by atoms with Crippen molar-refractivity contribution in [2.24, 2.45) is 0 Å². The predicted octanol–water partition coefficient (Wildman–Crippen LogP) is 5.37. The summed E-state index contributed by atoms with van der Waals surface area (Å²) in [5.74, 6) is -1.61. The van der Waals surface area contributed by atoms with E-state index in [4.69, 9.17) is 16.3 Å². The van der Waals surface area contributed by atoms with Crippen molar-refractivity contribution in [1.82, 2.24) is 26.1 Å². The molecule has 4 rings (SSSR count). The summed E-state index contributed by atoms with van der Waals surface area (Å²) >= 11 is 7.85. The summed E-state index contributed by atoms with van der Waals surface area (Å²) < 4.78 is 5.37. The van der Waals surface area contributed by atoms with E-state index >= 15 is 0 Å². The Morgan fingerprint density at radius 1 is 1.05 bits per heavy atom. The molecular formula is C31H36ClN5O5S. The molecular weight excluding hydrogens is 590 g/mol. The Kier molecular flexibility index (Phi) is 9.76. The molecule has 1 aliphatic heterocycles. The molecule has 2 atom stereocenters. The lowest BCUT2D eigenvalue weighted by atomic mass is 9.92. The molecule has 12 heteroatoms. The molecule has 43 heavy (non-hydrogen) atoms. The number of aryl methyl sites for hydroxylation is 1. The van der Waals surface area contributed by atoms with E-state index < -0.39 is 29.0 Å². The number of amides is 4. The van der Waals surface area contributed by atoms with Crippen molar-refractivity contribution in [3.8, 4) is 0 Å². The number of ether oxygens (including phenoxy) is 1. The first kappa shape index (κ1) is 32.0. The highest BCUT2D eigenvalue weighted by molar-refractivity contribution is 7.09. The van der Waals surface area contributed by atoms with Crippen molar-refractivity contribution in [1.29, 1.82) is 0 Å². The Hall–Kier alpha value is -3.96. The van der Waals surface area contributed by atoms with Crippen molar-refractivity contribution in [3.63, 3.8) is 0 Å². The first-order valence-corrected chi connectivity index (χ1v) is 15.2. The lowest BCUT2D eigenvalue weighted by Crippen LogP contribution is -2.61. The molecule has 1 saturated heterocycles. The van der Waals surface area contributed by atoms with Crippen LogP contribution in [-0.4, -0.2) is 51.4 Å². The fraction of sp³-hybridized carbons (Fsp3) is 0.387. The molecule has 0 aliphatic carbocycles. The molecule has 1 aromatic heterocycles. The molecule has 3 N–H and O–H groups in total. The highest BCUT2D eigenvalue weighted by Crippen LogP contribution is 2.35. The van der Waals surface area contributed by atoms with Gasteiger partial charge in [-0.25, -0.2) is 9.78 Å². The van der Waals surface area contributed by atoms with Crippen molar-refractivity contribution in [2.45, 2.75) is 71.1 Å². The van der Waals surface area contributed by atoms with Gasteiger partial charge in [-0.1, -0.05) is 41.9 Å². The van der Waals surface area contributed by atoms with Gasteiger partial charge in [-0.3, -0.25) is 25.2 Å². The average molecular weight is 626 g/mol. The number of carbonyl (C=O) groups is 4. The second kappa shape index (κ2) is 13.1. The van der Waals surface area contributed by atoms with Gasteiger partial charge in [0.1, 0.15) is 16.1 Å². The van der Waals surface area contributed by atoms with Gasteiger partial charge in [0.05, 0.1) is 6.04 Å². The zero-order chi connectivity index (χ0) is 31.4. The van der Waals surface area contributed by atoms with E-state index in [1.165, 1.54) is 36.5 Å². The van der Waals surface area contributed by atoms with Crippen LogP contribution in [0.3, 0.4) is 0 Å². The molecule has 0 spiro atoms. The molecule has 2 heterocycles. The minimum Gasteiger partial charge on any atom is -0.444 e. The SMILES string of the molecule is Cc1csc([C@H]2CCCN2C(=O)c2cc(Cl)cc(C(=O)NNC(=O)[C@@](C)(Cc3ccccc3)NC(=O)OC(C)(C)C)c2)n1. The standard InChI is InChI=1S/C31H36ClN5O5S/c1-19-18-43-26(33-19)24-12-9-13-37(24)27(39)22-14-21(15-23(32)16-22)25(38)35-36-28(40)31(5,17-20-10-7-6-8-11-20)34-29(41)42-30(2,3)4/h6-8,10-11,14-16,18,24H,9,12-13,17H2,1-5H3,(H,34,41)(H,35,38)(H,36,40)/t24-,31-/m1/s1. The number of alkyl carbamates (subject to hydrolysis) is 1. The summed E-state index contributed by atoms with van der Waals surface area (Å²) in [5, 5.41) is 5.68. The number of nitrogens with one attached hydrogen (secondary N) is 3. The minimum atomic E-state index is -1.48. The Balaban J connectivity index is 1.48. The molecule has 2 aromatic carbocycles. The molecule has 4 amide bonds. The van der Waals surface area contributed by atoms with Gasteiger partial charge in [-0.15, -0.1) is 11.3 Å². The van der Waals surface area contributed by atoms with Crippen molar-refractivity contribution in [2.75, 3.05) is 6.54 Å². The summed E-state index contributed by atoms with van der Waals surface area (Å²) in [6.45, 7) is 9.17. The van der Waals surface area contributed by atoms with Crippen LogP contribution in [-0.2, 0) is 16.0 Å². The maximum absolute atomic E-state index is 13.5. The Morgan fingerprint density at radius 3 is 2.40 bits per heavy atom. The Morgan fingerprint density at radius 2 is 1.74 bits per heavy atom. The second-order valence-corrected chi connectivity index (χ2v) is 13.1. The molecule has 0 unspecified atom stereocenters. The quantitative estimate of drug-likeness (QED) is 0.303. The van der Waals surface area contributed by atoms with Gasteiger partial charge in [0, 0.05) is 40.2 Å². The van der Waals surface area contributed by atoms with Crippen LogP contribution in [0.15, 0.2) is 53.9 Å². The third-order valence-electron chi connectivity index (χ3n) is 6.81. The number of nitrogens with zero attached hydrogens (tertiary/aromatic N) is 2. The smallest absolute Gasteiger partial charge is 0.408 e. The zero-order valence-corrected chi connectivity index (χ0v) is 26.4. The Bertz CT molecular complexity index is 1510. The number of hydrogen-bond acceptors (Lipinski definition) is 7. The maximum Gasteiger partial charge on any atom is 0.408 e. The number of benzene rings is 2. The zero-order valence-electron chi connectivity index (χ0n) is 24.8. The third kappa shape index (κ3) is 8.32. The lowest BCUT2D eigenvalue weighted by molar-refractivity contribution is -0.127. The minimum absolute atomic E-state index is 0.0850. The number of halogens is 1. The average Bonchev–Trinajstić information content (AvgIpc) is 3.59. The topological polar surface area (TPSA) is 130 Å². The molecule has 1 aliphatic rings. The number of carbonyl (C=O) groups excluding carboxylic acids is 4. The number of thiazole rings is 1. The van der Waals surface area contributed by atoms with Gasteiger partial charge in [0.2, 0.25) is 0 Å². The number of likely N-dealkylation sites (tertiary alicyclic amines) is 1. The first-order chi connectivity index (χ1) is 20.2. The summed E-state index contributed by atoms with van der Waals surface area (Å²) in [4.78, 5) is 59.0. The highest BCUT2D eigenvalue weighted by Gasteiger charge is 2.37. The second-order valence-electron chi connectivity index (χ2n) is 11.7. The van der Waals surface area contributed by atoms with E-state index in [1.54, 1.807) is 25.7 Å². The molecule has 1 fully saturated rings. The number of aromatic nitrogens is 1. The highest BCUT2D eigenvalue weighted by atomic mass is 35.5. The van der Waals surface area contributed by atoms with Crippen molar-refractivity contribution in [3.05, 3.63) is 86.3 Å². The summed E-state index contributed by atoms with van der Waals surface area (Å²) in [5.41, 5.74) is 4.57. The van der Waals surface area contributed by atoms with E-state index in [9.17, 15) is 19.2 Å². The summed E-state index contributed by atoms with van der Waals surface area (Å²) in [7, 11) is 0. The molecule has 3 aromatic rings. The largest absolute Gasteiger partial charge is 0.444 e. The van der Waals surface area contributed by atoms with Gasteiger partial charge < -0.3 is 15.0 Å². The van der Waals surface area contributed by atoms with Gasteiger partial charge >= 0.3 is 6.09 Å². The van der Waals surface area contributed by atoms with Crippen LogP contribution in [0.1, 0.15) is 83.6 Å². The van der Waals surface area contributed by atoms with Crippen LogP contribution in [0.25, 0.3) is 0 Å². The third-order valence-corrected chi connectivity index (χ3v) is 8.09. The molecule has 0 saturated carbocycles. The van der Waals surface area contributed by atoms with E-state index in [0.29, 0.717) is 6.54 Å². The Labute approximate surface area is 260 Å². The molecule has 0 bridgehead atoms. The number of hydrogen-bond donors (Lipinski definition) is 3. The predicted molar refractivity (Wildman–Crippen MR) is 165 cm³/mol. The number of hydrazine groups is 1. The van der Waals surface area contributed by atoms with Crippen LogP contribution >= 0.6 is 22.9 Å². The van der Waals surface area contributed by atoms with E-state index in [0.717, 1.165) is 29.1 Å².